The van der Waals surface area contributed by atoms with Gasteiger partial charge in [0.25, 0.3) is 0 Å². The third-order valence-electron chi connectivity index (χ3n) is 2.65. The van der Waals surface area contributed by atoms with E-state index in [1.54, 1.807) is 0 Å². The minimum Gasteiger partial charge on any atom is -0.207 e. The molecule has 0 amide bonds. The molecule has 0 aromatic heterocycles. The molecule has 1 aromatic rings. The van der Waals surface area contributed by atoms with Gasteiger partial charge in [0.2, 0.25) is 10.0 Å². The van der Waals surface area contributed by atoms with Gasteiger partial charge in [-0.15, -0.1) is 11.6 Å². The number of sulfonamides is 1. The second kappa shape index (κ2) is 6.50. The molecule has 0 aliphatic heterocycles. The number of hydrogen-bond donors (Lipinski definition) is 0. The molecule has 0 unspecified atom stereocenters. The number of rotatable bonds is 5. The van der Waals surface area contributed by atoms with E-state index in [2.05, 4.69) is 0 Å². The molecule has 0 aliphatic carbocycles. The monoisotopic (exact) mass is 347 g/mol. The van der Waals surface area contributed by atoms with Crippen molar-refractivity contribution in [3.05, 3.63) is 29.6 Å². The van der Waals surface area contributed by atoms with Gasteiger partial charge in [-0.2, -0.15) is 17.5 Å². The van der Waals surface area contributed by atoms with Gasteiger partial charge in [0, 0.05) is 11.9 Å². The van der Waals surface area contributed by atoms with Gasteiger partial charge in [0.15, 0.2) is 0 Å². The molecule has 21 heavy (non-hydrogen) atoms. The maximum absolute atomic E-state index is 13.8. The van der Waals surface area contributed by atoms with Crippen molar-refractivity contribution in [2.24, 2.45) is 0 Å². The standard InChI is InChI=1S/C12H14ClF4NO2S/c1-8(2)18(7-12(15,16)17)21(19,20)11-4-3-9(6-13)5-10(11)14/h3-5,8H,6-7H2,1-2H3. The minimum absolute atomic E-state index is 0.0340. The smallest absolute Gasteiger partial charge is 0.207 e. The Morgan fingerprint density at radius 3 is 2.24 bits per heavy atom. The highest BCUT2D eigenvalue weighted by Gasteiger charge is 2.39. The molecular weight excluding hydrogens is 334 g/mol. The molecule has 3 nitrogen and oxygen atoms in total. The van der Waals surface area contributed by atoms with Crippen molar-refractivity contribution in [1.29, 1.82) is 0 Å². The lowest BCUT2D eigenvalue weighted by molar-refractivity contribution is -0.138. The van der Waals surface area contributed by atoms with E-state index in [9.17, 15) is 26.0 Å². The van der Waals surface area contributed by atoms with Crippen LogP contribution in [0.2, 0.25) is 0 Å². The molecule has 1 aromatic carbocycles. The third kappa shape index (κ3) is 4.55. The normalized spacial score (nSPS) is 13.2. The van der Waals surface area contributed by atoms with Crippen LogP contribution < -0.4 is 0 Å². The first-order valence-corrected chi connectivity index (χ1v) is 7.89. The molecule has 0 aliphatic rings. The predicted octanol–water partition coefficient (Wildman–Crippen LogP) is 3.53. The van der Waals surface area contributed by atoms with Crippen molar-refractivity contribution < 1.29 is 26.0 Å². The van der Waals surface area contributed by atoms with E-state index in [1.807, 2.05) is 0 Å². The number of halogens is 5. The molecule has 0 fully saturated rings. The van der Waals surface area contributed by atoms with Crippen LogP contribution in [0.5, 0.6) is 0 Å². The van der Waals surface area contributed by atoms with Gasteiger partial charge in [-0.25, -0.2) is 12.8 Å². The van der Waals surface area contributed by atoms with Crippen molar-refractivity contribution in [2.75, 3.05) is 6.54 Å². The van der Waals surface area contributed by atoms with E-state index in [4.69, 9.17) is 11.6 Å². The fourth-order valence-corrected chi connectivity index (χ4v) is 3.52. The maximum Gasteiger partial charge on any atom is 0.402 e. The fraction of sp³-hybridized carbons (Fsp3) is 0.500. The van der Waals surface area contributed by atoms with Gasteiger partial charge < -0.3 is 0 Å². The van der Waals surface area contributed by atoms with Crippen LogP contribution in [0, 0.1) is 5.82 Å². The summed E-state index contributed by atoms with van der Waals surface area (Å²) in [5.74, 6) is -1.16. The lowest BCUT2D eigenvalue weighted by Crippen LogP contribution is -2.43. The third-order valence-corrected chi connectivity index (χ3v) is 5.01. The van der Waals surface area contributed by atoms with Crippen LogP contribution >= 0.6 is 11.6 Å². The van der Waals surface area contributed by atoms with Crippen molar-refractivity contribution >= 4 is 21.6 Å². The van der Waals surface area contributed by atoms with Crippen molar-refractivity contribution in [3.8, 4) is 0 Å². The summed E-state index contributed by atoms with van der Waals surface area (Å²) in [6, 6.07) is 2.11. The highest BCUT2D eigenvalue weighted by atomic mass is 35.5. The first kappa shape index (κ1) is 18.2. The van der Waals surface area contributed by atoms with Gasteiger partial charge in [0.1, 0.15) is 17.3 Å². The summed E-state index contributed by atoms with van der Waals surface area (Å²) in [7, 11) is -4.59. The summed E-state index contributed by atoms with van der Waals surface area (Å²) in [6.07, 6.45) is -4.72. The Bertz CT molecular complexity index is 602. The van der Waals surface area contributed by atoms with Crippen LogP contribution in [0.3, 0.4) is 0 Å². The van der Waals surface area contributed by atoms with E-state index in [0.29, 0.717) is 5.56 Å². The van der Waals surface area contributed by atoms with Crippen LogP contribution in [0.25, 0.3) is 0 Å². The van der Waals surface area contributed by atoms with Gasteiger partial charge in [-0.3, -0.25) is 0 Å². The SMILES string of the molecule is CC(C)N(CC(F)(F)F)S(=O)(=O)c1ccc(CCl)cc1F. The summed E-state index contributed by atoms with van der Waals surface area (Å²) in [5, 5.41) is 0. The quantitative estimate of drug-likeness (QED) is 0.603. The van der Waals surface area contributed by atoms with E-state index >= 15 is 0 Å². The molecule has 0 heterocycles. The summed E-state index contributed by atoms with van der Waals surface area (Å²) in [4.78, 5) is -0.797. The maximum atomic E-state index is 13.8. The lowest BCUT2D eigenvalue weighted by Gasteiger charge is -2.27. The molecule has 0 saturated heterocycles. The summed E-state index contributed by atoms with van der Waals surface area (Å²) in [5.41, 5.74) is 0.333. The Morgan fingerprint density at radius 1 is 1.29 bits per heavy atom. The van der Waals surface area contributed by atoms with Crippen molar-refractivity contribution in [1.82, 2.24) is 4.31 Å². The molecule has 0 bridgehead atoms. The van der Waals surface area contributed by atoms with Gasteiger partial charge in [-0.1, -0.05) is 6.07 Å². The highest BCUT2D eigenvalue weighted by molar-refractivity contribution is 7.89. The van der Waals surface area contributed by atoms with E-state index < -0.39 is 39.5 Å². The molecule has 1 rings (SSSR count). The molecule has 0 N–H and O–H groups in total. The Kier molecular flexibility index (Phi) is 5.63. The largest absolute Gasteiger partial charge is 0.402 e. The van der Waals surface area contributed by atoms with Gasteiger partial charge in [-0.05, 0) is 31.5 Å². The summed E-state index contributed by atoms with van der Waals surface area (Å²) >= 11 is 5.49. The average molecular weight is 348 g/mol. The first-order chi connectivity index (χ1) is 9.49. The Hall–Kier alpha value is -0.860. The topological polar surface area (TPSA) is 37.4 Å². The van der Waals surface area contributed by atoms with Crippen LogP contribution in [0.1, 0.15) is 19.4 Å². The zero-order valence-electron chi connectivity index (χ0n) is 11.3. The number of alkyl halides is 4. The Balaban J connectivity index is 3.30. The number of benzene rings is 1. The van der Waals surface area contributed by atoms with E-state index in [1.165, 1.54) is 19.9 Å². The predicted molar refractivity (Wildman–Crippen MR) is 71.0 cm³/mol. The Labute approximate surface area is 125 Å². The highest BCUT2D eigenvalue weighted by Crippen LogP contribution is 2.26. The lowest BCUT2D eigenvalue weighted by atomic mass is 10.2. The zero-order chi connectivity index (χ0) is 16.4. The van der Waals surface area contributed by atoms with Crippen LogP contribution in [-0.2, 0) is 15.9 Å². The molecule has 120 valence electrons. The molecule has 9 heteroatoms. The van der Waals surface area contributed by atoms with Crippen molar-refractivity contribution in [3.63, 3.8) is 0 Å². The second-order valence-electron chi connectivity index (χ2n) is 4.66. The summed E-state index contributed by atoms with van der Waals surface area (Å²) < 4.78 is 76.0. The van der Waals surface area contributed by atoms with Gasteiger partial charge >= 0.3 is 6.18 Å². The van der Waals surface area contributed by atoms with E-state index in [0.717, 1.165) is 12.1 Å². The molecular formula is C12H14ClF4NO2S. The molecule has 0 atom stereocenters. The summed E-state index contributed by atoms with van der Waals surface area (Å²) in [6.45, 7) is 0.895. The van der Waals surface area contributed by atoms with Gasteiger partial charge in [0.05, 0.1) is 0 Å². The van der Waals surface area contributed by atoms with Crippen LogP contribution in [0.15, 0.2) is 23.1 Å². The number of hydrogen-bond acceptors (Lipinski definition) is 2. The Morgan fingerprint density at radius 2 is 1.86 bits per heavy atom. The molecule has 0 radical (unpaired) electrons. The minimum atomic E-state index is -4.72. The fourth-order valence-electron chi connectivity index (χ4n) is 1.68. The zero-order valence-corrected chi connectivity index (χ0v) is 12.9. The number of nitrogens with zero attached hydrogens (tertiary/aromatic N) is 1. The average Bonchev–Trinajstić information content (AvgIpc) is 2.33. The van der Waals surface area contributed by atoms with Crippen molar-refractivity contribution in [2.45, 2.75) is 36.8 Å². The van der Waals surface area contributed by atoms with Crippen LogP contribution in [-0.4, -0.2) is 31.5 Å². The second-order valence-corrected chi connectivity index (χ2v) is 6.78. The first-order valence-electron chi connectivity index (χ1n) is 5.92. The van der Waals surface area contributed by atoms with Crippen LogP contribution in [0.4, 0.5) is 17.6 Å². The molecule has 0 spiro atoms. The van der Waals surface area contributed by atoms with E-state index in [-0.39, 0.29) is 10.2 Å². The molecule has 0 saturated carbocycles.